The Balaban J connectivity index is 1.62. The molecular weight excluding hydrogens is 286 g/mol. The summed E-state index contributed by atoms with van der Waals surface area (Å²) in [4.78, 5) is 12.0. The van der Waals surface area contributed by atoms with Crippen molar-refractivity contribution in [2.24, 2.45) is 5.92 Å². The van der Waals surface area contributed by atoms with Crippen LogP contribution in [0, 0.1) is 5.92 Å². The van der Waals surface area contributed by atoms with Crippen LogP contribution in [0.15, 0.2) is 24.3 Å². The van der Waals surface area contributed by atoms with Gasteiger partial charge in [0.25, 0.3) is 0 Å². The number of hydrogen-bond acceptors (Lipinski definition) is 5. The molecule has 1 aromatic carbocycles. The van der Waals surface area contributed by atoms with Gasteiger partial charge < -0.3 is 15.5 Å². The van der Waals surface area contributed by atoms with Gasteiger partial charge in [-0.2, -0.15) is 0 Å². The molecule has 1 aromatic heterocycles. The molecule has 0 spiro atoms. The molecule has 2 heterocycles. The summed E-state index contributed by atoms with van der Waals surface area (Å²) in [6, 6.07) is 8.71. The largest absolute Gasteiger partial charge is 0.364 e. The molecule has 2 aromatic rings. The molecule has 0 amide bonds. The summed E-state index contributed by atoms with van der Waals surface area (Å²) in [5.74, 6) is 2.62. The Hall–Kier alpha value is -1.88. The molecule has 2 aliphatic rings. The smallest absolute Gasteiger partial charge is 0.172 e. The van der Waals surface area contributed by atoms with Crippen molar-refractivity contribution >= 4 is 22.7 Å². The van der Waals surface area contributed by atoms with E-state index in [4.69, 9.17) is 9.97 Å². The number of aromatic nitrogens is 2. The normalized spacial score (nSPS) is 21.3. The van der Waals surface area contributed by atoms with Crippen molar-refractivity contribution in [3.8, 4) is 0 Å². The molecule has 23 heavy (non-hydrogen) atoms. The van der Waals surface area contributed by atoms with E-state index in [0.29, 0.717) is 12.0 Å². The zero-order valence-electron chi connectivity index (χ0n) is 13.8. The summed E-state index contributed by atoms with van der Waals surface area (Å²) in [5.41, 5.74) is 1.93. The Morgan fingerprint density at radius 2 is 1.96 bits per heavy atom. The van der Waals surface area contributed by atoms with Crippen molar-refractivity contribution in [1.29, 1.82) is 0 Å². The highest BCUT2D eigenvalue weighted by Gasteiger charge is 2.25. The van der Waals surface area contributed by atoms with Gasteiger partial charge in [0.1, 0.15) is 0 Å². The monoisotopic (exact) mass is 311 g/mol. The average molecular weight is 311 g/mol. The molecule has 1 atom stereocenters. The van der Waals surface area contributed by atoms with Crippen LogP contribution < -0.4 is 15.5 Å². The molecule has 1 aliphatic carbocycles. The van der Waals surface area contributed by atoms with Crippen molar-refractivity contribution in [1.82, 2.24) is 15.3 Å². The van der Waals surface area contributed by atoms with Gasteiger partial charge in [0.15, 0.2) is 11.6 Å². The Kier molecular flexibility index (Phi) is 4.04. The van der Waals surface area contributed by atoms with E-state index in [9.17, 15) is 0 Å². The molecule has 0 bridgehead atoms. The second kappa shape index (κ2) is 6.32. The molecule has 5 nitrogen and oxygen atoms in total. The first-order valence-electron chi connectivity index (χ1n) is 8.75. The molecule has 0 radical (unpaired) electrons. The number of hydrogen-bond donors (Lipinski definition) is 2. The molecular formula is C18H25N5. The van der Waals surface area contributed by atoms with Gasteiger partial charge in [-0.15, -0.1) is 0 Å². The molecule has 5 heteroatoms. The van der Waals surface area contributed by atoms with E-state index in [1.165, 1.54) is 25.7 Å². The van der Waals surface area contributed by atoms with Gasteiger partial charge in [0, 0.05) is 19.6 Å². The number of fused-ring (bicyclic) bond motifs is 1. The third-order valence-electron chi connectivity index (χ3n) is 4.76. The van der Waals surface area contributed by atoms with Crippen LogP contribution in [0.1, 0.15) is 25.7 Å². The highest BCUT2D eigenvalue weighted by molar-refractivity contribution is 5.80. The Labute approximate surface area is 137 Å². The lowest BCUT2D eigenvalue weighted by molar-refractivity contribution is 0.380. The van der Waals surface area contributed by atoms with Gasteiger partial charge in [0.2, 0.25) is 0 Å². The van der Waals surface area contributed by atoms with Crippen LogP contribution in [0.4, 0.5) is 11.6 Å². The summed E-state index contributed by atoms with van der Waals surface area (Å²) < 4.78 is 0. The lowest BCUT2D eigenvalue weighted by Crippen LogP contribution is -2.37. The number of nitrogens with zero attached hydrogens (tertiary/aromatic N) is 3. The summed E-state index contributed by atoms with van der Waals surface area (Å²) in [7, 11) is 2.14. The van der Waals surface area contributed by atoms with E-state index in [1.54, 1.807) is 0 Å². The topological polar surface area (TPSA) is 53.1 Å². The number of benzene rings is 1. The molecule has 2 fully saturated rings. The number of piperidine rings is 1. The maximum absolute atomic E-state index is 4.90. The van der Waals surface area contributed by atoms with Gasteiger partial charge in [-0.1, -0.05) is 12.1 Å². The number of anilines is 2. The molecule has 1 aliphatic heterocycles. The number of para-hydroxylation sites is 2. The highest BCUT2D eigenvalue weighted by atomic mass is 15.2. The van der Waals surface area contributed by atoms with Gasteiger partial charge >= 0.3 is 0 Å². The Bertz CT molecular complexity index is 676. The Morgan fingerprint density at radius 3 is 2.65 bits per heavy atom. The first-order valence-corrected chi connectivity index (χ1v) is 8.75. The van der Waals surface area contributed by atoms with Crippen LogP contribution in [0.3, 0.4) is 0 Å². The fourth-order valence-corrected chi connectivity index (χ4v) is 3.33. The maximum Gasteiger partial charge on any atom is 0.172 e. The minimum Gasteiger partial charge on any atom is -0.364 e. The average Bonchev–Trinajstić information content (AvgIpc) is 3.39. The SMILES string of the molecule is CN(C[C@@H]1CCCNC1)c1nc2ccccc2nc1NC1CC1. The van der Waals surface area contributed by atoms with Crippen molar-refractivity contribution < 1.29 is 0 Å². The quantitative estimate of drug-likeness (QED) is 0.889. The van der Waals surface area contributed by atoms with Crippen molar-refractivity contribution in [2.75, 3.05) is 36.9 Å². The van der Waals surface area contributed by atoms with E-state index in [2.05, 4.69) is 22.6 Å². The predicted molar refractivity (Wildman–Crippen MR) is 95.0 cm³/mol. The van der Waals surface area contributed by atoms with Gasteiger partial charge in [-0.3, -0.25) is 0 Å². The molecule has 4 rings (SSSR count). The van der Waals surface area contributed by atoms with Gasteiger partial charge in [0.05, 0.1) is 11.0 Å². The first kappa shape index (κ1) is 14.7. The zero-order valence-corrected chi connectivity index (χ0v) is 13.8. The van der Waals surface area contributed by atoms with E-state index in [1.807, 2.05) is 24.3 Å². The van der Waals surface area contributed by atoms with Crippen molar-refractivity contribution in [3.63, 3.8) is 0 Å². The van der Waals surface area contributed by atoms with Gasteiger partial charge in [-0.05, 0) is 56.8 Å². The van der Waals surface area contributed by atoms with E-state index in [-0.39, 0.29) is 0 Å². The minimum absolute atomic E-state index is 0.578. The summed E-state index contributed by atoms with van der Waals surface area (Å²) in [5, 5.41) is 7.06. The van der Waals surface area contributed by atoms with Crippen molar-refractivity contribution in [2.45, 2.75) is 31.7 Å². The first-order chi connectivity index (χ1) is 11.3. The van der Waals surface area contributed by atoms with Crippen LogP contribution >= 0.6 is 0 Å². The van der Waals surface area contributed by atoms with Crippen LogP contribution in [0.2, 0.25) is 0 Å². The van der Waals surface area contributed by atoms with Crippen molar-refractivity contribution in [3.05, 3.63) is 24.3 Å². The molecule has 0 unspecified atom stereocenters. The van der Waals surface area contributed by atoms with Crippen LogP contribution in [-0.2, 0) is 0 Å². The second-order valence-corrected chi connectivity index (χ2v) is 6.90. The predicted octanol–water partition coefficient (Wildman–Crippen LogP) is 2.64. The lowest BCUT2D eigenvalue weighted by Gasteiger charge is -2.29. The lowest BCUT2D eigenvalue weighted by atomic mass is 9.99. The summed E-state index contributed by atoms with van der Waals surface area (Å²) in [6.07, 6.45) is 5.05. The Morgan fingerprint density at radius 1 is 1.17 bits per heavy atom. The van der Waals surface area contributed by atoms with Crippen LogP contribution in [0.5, 0.6) is 0 Å². The third kappa shape index (κ3) is 3.39. The summed E-state index contributed by atoms with van der Waals surface area (Å²) >= 11 is 0. The van der Waals surface area contributed by atoms with Gasteiger partial charge in [-0.25, -0.2) is 9.97 Å². The second-order valence-electron chi connectivity index (χ2n) is 6.90. The van der Waals surface area contributed by atoms with Crippen LogP contribution in [0.25, 0.3) is 11.0 Å². The highest BCUT2D eigenvalue weighted by Crippen LogP contribution is 2.30. The standard InChI is InChI=1S/C18H25N5/c1-23(12-13-5-4-10-19-11-13)18-17(20-14-8-9-14)21-15-6-2-3-7-16(15)22-18/h2-3,6-7,13-14,19H,4-5,8-12H2,1H3,(H,20,21)/t13-/m1/s1. The molecule has 122 valence electrons. The summed E-state index contributed by atoms with van der Waals surface area (Å²) in [6.45, 7) is 3.29. The number of rotatable bonds is 5. The minimum atomic E-state index is 0.578. The van der Waals surface area contributed by atoms with E-state index in [0.717, 1.165) is 42.3 Å². The zero-order chi connectivity index (χ0) is 15.6. The van der Waals surface area contributed by atoms with E-state index >= 15 is 0 Å². The number of nitrogens with one attached hydrogen (secondary N) is 2. The fourth-order valence-electron chi connectivity index (χ4n) is 3.33. The third-order valence-corrected chi connectivity index (χ3v) is 4.76. The molecule has 2 N–H and O–H groups in total. The van der Waals surface area contributed by atoms with Crippen LogP contribution in [-0.4, -0.2) is 42.7 Å². The fraction of sp³-hybridized carbons (Fsp3) is 0.556. The maximum atomic E-state index is 4.90. The molecule has 1 saturated heterocycles. The molecule has 1 saturated carbocycles. The van der Waals surface area contributed by atoms with E-state index < -0.39 is 0 Å².